The molecule has 2 rings (SSSR count). The van der Waals surface area contributed by atoms with Crippen LogP contribution in [0.15, 0.2) is 0 Å². The van der Waals surface area contributed by atoms with Gasteiger partial charge in [0.1, 0.15) is 0 Å². The fourth-order valence-electron chi connectivity index (χ4n) is 3.32. The molecule has 1 aliphatic heterocycles. The Morgan fingerprint density at radius 2 is 1.94 bits per heavy atom. The average Bonchev–Trinajstić information content (AvgIpc) is 2.73. The molecular formula is C13H27N3O. The van der Waals surface area contributed by atoms with E-state index in [1.165, 1.54) is 25.9 Å². The summed E-state index contributed by atoms with van der Waals surface area (Å²) in [6.45, 7) is 2.54. The molecule has 100 valence electrons. The minimum atomic E-state index is -0.315. The van der Waals surface area contributed by atoms with Crippen molar-refractivity contribution < 1.29 is 5.11 Å². The van der Waals surface area contributed by atoms with E-state index >= 15 is 0 Å². The van der Waals surface area contributed by atoms with E-state index in [0.717, 1.165) is 19.3 Å². The van der Waals surface area contributed by atoms with E-state index < -0.39 is 0 Å². The van der Waals surface area contributed by atoms with E-state index in [0.29, 0.717) is 12.1 Å². The van der Waals surface area contributed by atoms with Gasteiger partial charge in [0, 0.05) is 17.6 Å². The van der Waals surface area contributed by atoms with Crippen LogP contribution in [-0.2, 0) is 0 Å². The summed E-state index contributed by atoms with van der Waals surface area (Å²) in [4.78, 5) is 4.93. The van der Waals surface area contributed by atoms with E-state index in [4.69, 9.17) is 5.73 Å². The summed E-state index contributed by atoms with van der Waals surface area (Å²) >= 11 is 0. The van der Waals surface area contributed by atoms with E-state index in [2.05, 4.69) is 23.9 Å². The van der Waals surface area contributed by atoms with Crippen LogP contribution in [0.2, 0.25) is 0 Å². The summed E-state index contributed by atoms with van der Waals surface area (Å²) in [5.74, 6) is 0. The molecule has 2 atom stereocenters. The Morgan fingerprint density at radius 1 is 1.29 bits per heavy atom. The highest BCUT2D eigenvalue weighted by Gasteiger charge is 2.38. The molecule has 4 nitrogen and oxygen atoms in total. The minimum Gasteiger partial charge on any atom is -0.394 e. The molecular weight excluding hydrogens is 214 g/mol. The van der Waals surface area contributed by atoms with Gasteiger partial charge in [-0.1, -0.05) is 0 Å². The van der Waals surface area contributed by atoms with Crippen molar-refractivity contribution >= 4 is 0 Å². The van der Waals surface area contributed by atoms with Crippen LogP contribution in [0.5, 0.6) is 0 Å². The van der Waals surface area contributed by atoms with Crippen LogP contribution < -0.4 is 5.73 Å². The average molecular weight is 241 g/mol. The summed E-state index contributed by atoms with van der Waals surface area (Å²) in [6.07, 6.45) is 5.58. The number of nitrogens with two attached hydrogens (primary N) is 1. The SMILES string of the molecule is CN1CCC(N(C)C2CCC(N)(CO)C2)CC1. The summed E-state index contributed by atoms with van der Waals surface area (Å²) in [7, 11) is 4.44. The predicted molar refractivity (Wildman–Crippen MR) is 69.9 cm³/mol. The van der Waals surface area contributed by atoms with E-state index in [1.807, 2.05) is 0 Å². The van der Waals surface area contributed by atoms with Gasteiger partial charge in [-0.2, -0.15) is 0 Å². The van der Waals surface area contributed by atoms with Gasteiger partial charge in [0.25, 0.3) is 0 Å². The molecule has 4 heteroatoms. The molecule has 17 heavy (non-hydrogen) atoms. The number of likely N-dealkylation sites (tertiary alicyclic amines) is 1. The van der Waals surface area contributed by atoms with Crippen molar-refractivity contribution in [2.24, 2.45) is 5.73 Å². The second-order valence-corrected chi connectivity index (χ2v) is 6.12. The van der Waals surface area contributed by atoms with Gasteiger partial charge in [0.2, 0.25) is 0 Å². The first kappa shape index (κ1) is 13.3. The van der Waals surface area contributed by atoms with E-state index in [1.54, 1.807) is 0 Å². The lowest BCUT2D eigenvalue weighted by atomic mass is 9.98. The number of rotatable bonds is 3. The molecule has 1 heterocycles. The molecule has 0 bridgehead atoms. The van der Waals surface area contributed by atoms with Crippen molar-refractivity contribution in [1.82, 2.24) is 9.80 Å². The third kappa shape index (κ3) is 2.99. The van der Waals surface area contributed by atoms with Crippen molar-refractivity contribution in [3.63, 3.8) is 0 Å². The minimum absolute atomic E-state index is 0.130. The van der Waals surface area contributed by atoms with Crippen molar-refractivity contribution in [3.05, 3.63) is 0 Å². The largest absolute Gasteiger partial charge is 0.394 e. The second kappa shape index (κ2) is 5.22. The van der Waals surface area contributed by atoms with Gasteiger partial charge in [-0.3, -0.25) is 0 Å². The smallest absolute Gasteiger partial charge is 0.0611 e. The van der Waals surface area contributed by atoms with E-state index in [-0.39, 0.29) is 12.1 Å². The molecule has 0 aromatic carbocycles. The van der Waals surface area contributed by atoms with Crippen LogP contribution in [-0.4, -0.2) is 66.3 Å². The molecule has 1 saturated heterocycles. The molecule has 1 saturated carbocycles. The lowest BCUT2D eigenvalue weighted by Crippen LogP contribution is -2.48. The quantitative estimate of drug-likeness (QED) is 0.744. The van der Waals surface area contributed by atoms with Gasteiger partial charge in [0.15, 0.2) is 0 Å². The molecule has 0 radical (unpaired) electrons. The topological polar surface area (TPSA) is 52.7 Å². The lowest BCUT2D eigenvalue weighted by Gasteiger charge is -2.38. The monoisotopic (exact) mass is 241 g/mol. The fraction of sp³-hybridized carbons (Fsp3) is 1.00. The second-order valence-electron chi connectivity index (χ2n) is 6.12. The van der Waals surface area contributed by atoms with Crippen LogP contribution in [0.25, 0.3) is 0 Å². The Hall–Kier alpha value is -0.160. The first-order valence-corrected chi connectivity index (χ1v) is 6.84. The standard InChI is InChI=1S/C13H27N3O/c1-15-7-4-11(5-8-15)16(2)12-3-6-13(14,9-12)10-17/h11-12,17H,3-10,14H2,1-2H3. The summed E-state index contributed by atoms with van der Waals surface area (Å²) in [5.41, 5.74) is 5.84. The van der Waals surface area contributed by atoms with Crippen LogP contribution in [0, 0.1) is 0 Å². The van der Waals surface area contributed by atoms with Crippen molar-refractivity contribution in [2.45, 2.75) is 49.7 Å². The molecule has 1 aliphatic carbocycles. The molecule has 0 aromatic heterocycles. The predicted octanol–water partition coefficient (Wildman–Crippen LogP) is 0.255. The molecule has 2 fully saturated rings. The zero-order valence-electron chi connectivity index (χ0n) is 11.2. The molecule has 0 spiro atoms. The van der Waals surface area contributed by atoms with Crippen LogP contribution >= 0.6 is 0 Å². The number of aliphatic hydroxyl groups excluding tert-OH is 1. The maximum absolute atomic E-state index is 9.32. The number of hydrogen-bond donors (Lipinski definition) is 2. The molecule has 0 amide bonds. The number of piperidine rings is 1. The molecule has 0 aromatic rings. The van der Waals surface area contributed by atoms with Gasteiger partial charge in [-0.05, 0) is 59.3 Å². The third-order valence-corrected chi connectivity index (χ3v) is 4.77. The van der Waals surface area contributed by atoms with Crippen molar-refractivity contribution in [3.8, 4) is 0 Å². The summed E-state index contributed by atoms with van der Waals surface area (Å²) in [5, 5.41) is 9.32. The Morgan fingerprint density at radius 3 is 2.47 bits per heavy atom. The van der Waals surface area contributed by atoms with E-state index in [9.17, 15) is 5.11 Å². The number of nitrogens with zero attached hydrogens (tertiary/aromatic N) is 2. The normalized spacial score (nSPS) is 36.9. The van der Waals surface area contributed by atoms with Gasteiger partial charge in [-0.25, -0.2) is 0 Å². The van der Waals surface area contributed by atoms with Gasteiger partial charge in [-0.15, -0.1) is 0 Å². The molecule has 3 N–H and O–H groups in total. The highest BCUT2D eigenvalue weighted by atomic mass is 16.3. The summed E-state index contributed by atoms with van der Waals surface area (Å²) in [6, 6.07) is 1.28. The van der Waals surface area contributed by atoms with Crippen LogP contribution in [0.1, 0.15) is 32.1 Å². The highest BCUT2D eigenvalue weighted by Crippen LogP contribution is 2.32. The Bertz CT molecular complexity index is 253. The van der Waals surface area contributed by atoms with Gasteiger partial charge in [0.05, 0.1) is 6.61 Å². The lowest BCUT2D eigenvalue weighted by molar-refractivity contribution is 0.102. The summed E-state index contributed by atoms with van der Waals surface area (Å²) < 4.78 is 0. The van der Waals surface area contributed by atoms with Crippen molar-refractivity contribution in [1.29, 1.82) is 0 Å². The van der Waals surface area contributed by atoms with Gasteiger partial charge >= 0.3 is 0 Å². The van der Waals surface area contributed by atoms with Gasteiger partial charge < -0.3 is 20.6 Å². The zero-order chi connectivity index (χ0) is 12.5. The maximum atomic E-state index is 9.32. The first-order valence-electron chi connectivity index (χ1n) is 6.84. The maximum Gasteiger partial charge on any atom is 0.0611 e. The number of hydrogen-bond acceptors (Lipinski definition) is 4. The van der Waals surface area contributed by atoms with Crippen molar-refractivity contribution in [2.75, 3.05) is 33.8 Å². The molecule has 2 aliphatic rings. The third-order valence-electron chi connectivity index (χ3n) is 4.77. The Balaban J connectivity index is 1.86. The number of aliphatic hydroxyl groups is 1. The van der Waals surface area contributed by atoms with Crippen LogP contribution in [0.4, 0.5) is 0 Å². The highest BCUT2D eigenvalue weighted by molar-refractivity contribution is 4.97. The first-order chi connectivity index (χ1) is 8.04. The fourth-order valence-corrected chi connectivity index (χ4v) is 3.32. The van der Waals surface area contributed by atoms with Crippen LogP contribution in [0.3, 0.4) is 0 Å². The Labute approximate surface area is 105 Å². The zero-order valence-corrected chi connectivity index (χ0v) is 11.2. The Kier molecular flexibility index (Phi) is 4.08. The molecule has 2 unspecified atom stereocenters.